The average molecular weight is 285 g/mol. The normalized spacial score (nSPS) is 13.3. The molecule has 21 heavy (non-hydrogen) atoms. The van der Waals surface area contributed by atoms with E-state index in [2.05, 4.69) is 12.1 Å². The van der Waals surface area contributed by atoms with Crippen molar-refractivity contribution in [1.29, 1.82) is 0 Å². The first kappa shape index (κ1) is 14.1. The molecule has 0 amide bonds. The molecule has 1 aromatic heterocycles. The zero-order valence-corrected chi connectivity index (χ0v) is 12.0. The Balaban J connectivity index is 1.95. The molecular formula is C17H19NO3. The molecule has 3 rings (SSSR count). The summed E-state index contributed by atoms with van der Waals surface area (Å²) in [6, 6.07) is 14.1. The van der Waals surface area contributed by atoms with Crippen molar-refractivity contribution in [3.63, 3.8) is 0 Å². The second-order valence-electron chi connectivity index (χ2n) is 5.43. The number of hydrogen-bond donors (Lipinski definition) is 2. The van der Waals surface area contributed by atoms with Gasteiger partial charge in [-0.25, -0.2) is 0 Å². The van der Waals surface area contributed by atoms with Crippen LogP contribution in [0.25, 0.3) is 21.9 Å². The number of aliphatic hydroxyl groups excluding tert-OH is 2. The zero-order chi connectivity index (χ0) is 14.8. The number of benzene rings is 2. The summed E-state index contributed by atoms with van der Waals surface area (Å²) < 4.78 is 5.98. The minimum absolute atomic E-state index is 0.223. The van der Waals surface area contributed by atoms with Crippen molar-refractivity contribution in [2.75, 3.05) is 20.2 Å². The zero-order valence-electron chi connectivity index (χ0n) is 12.0. The Morgan fingerprint density at radius 3 is 2.67 bits per heavy atom. The summed E-state index contributed by atoms with van der Waals surface area (Å²) in [4.78, 5) is 1.98. The van der Waals surface area contributed by atoms with Gasteiger partial charge in [-0.1, -0.05) is 36.4 Å². The fourth-order valence-electron chi connectivity index (χ4n) is 2.70. The van der Waals surface area contributed by atoms with Crippen molar-refractivity contribution < 1.29 is 14.6 Å². The van der Waals surface area contributed by atoms with Crippen LogP contribution in [0.15, 0.2) is 46.9 Å². The van der Waals surface area contributed by atoms with Gasteiger partial charge in [-0.2, -0.15) is 0 Å². The van der Waals surface area contributed by atoms with Gasteiger partial charge in [-0.3, -0.25) is 4.90 Å². The highest BCUT2D eigenvalue weighted by molar-refractivity contribution is 6.05. The highest BCUT2D eigenvalue weighted by atomic mass is 16.3. The van der Waals surface area contributed by atoms with E-state index in [9.17, 15) is 5.11 Å². The highest BCUT2D eigenvalue weighted by Gasteiger charge is 2.13. The molecule has 4 nitrogen and oxygen atoms in total. The van der Waals surface area contributed by atoms with Gasteiger partial charge >= 0.3 is 0 Å². The number of likely N-dealkylation sites (N-methyl/N-ethyl adjacent to an activating group) is 1. The molecule has 0 aliphatic rings. The lowest BCUT2D eigenvalue weighted by Gasteiger charge is -2.19. The van der Waals surface area contributed by atoms with Crippen molar-refractivity contribution in [3.8, 4) is 0 Å². The molecule has 0 bridgehead atoms. The molecule has 2 N–H and O–H groups in total. The molecular weight excluding hydrogens is 266 g/mol. The van der Waals surface area contributed by atoms with Gasteiger partial charge in [0.1, 0.15) is 11.2 Å². The summed E-state index contributed by atoms with van der Waals surface area (Å²) in [5, 5.41) is 20.7. The number of hydrogen-bond acceptors (Lipinski definition) is 4. The van der Waals surface area contributed by atoms with Crippen LogP contribution in [0, 0.1) is 0 Å². The SMILES string of the molecule is CN(Cc1cccc2c1oc1ccccc12)C[C@@H](O)CO. The summed E-state index contributed by atoms with van der Waals surface area (Å²) in [5.41, 5.74) is 2.86. The van der Waals surface area contributed by atoms with Gasteiger partial charge in [0.25, 0.3) is 0 Å². The highest BCUT2D eigenvalue weighted by Crippen LogP contribution is 2.31. The van der Waals surface area contributed by atoms with Crippen LogP contribution in [0.3, 0.4) is 0 Å². The molecule has 4 heteroatoms. The maximum Gasteiger partial charge on any atom is 0.139 e. The molecule has 110 valence electrons. The van der Waals surface area contributed by atoms with Crippen LogP contribution >= 0.6 is 0 Å². The minimum Gasteiger partial charge on any atom is -0.456 e. The van der Waals surface area contributed by atoms with Gasteiger partial charge in [0, 0.05) is 29.4 Å². The smallest absolute Gasteiger partial charge is 0.139 e. The molecule has 0 spiro atoms. The van der Waals surface area contributed by atoms with Crippen LogP contribution in [0.2, 0.25) is 0 Å². The Morgan fingerprint density at radius 1 is 1.10 bits per heavy atom. The third-order valence-electron chi connectivity index (χ3n) is 3.66. The maximum absolute atomic E-state index is 9.52. The lowest BCUT2D eigenvalue weighted by molar-refractivity contribution is 0.0648. The first-order valence-corrected chi connectivity index (χ1v) is 7.05. The predicted octanol–water partition coefficient (Wildman–Crippen LogP) is 2.37. The van der Waals surface area contributed by atoms with E-state index in [0.717, 1.165) is 27.5 Å². The van der Waals surface area contributed by atoms with Crippen molar-refractivity contribution >= 4 is 21.9 Å². The fourth-order valence-corrected chi connectivity index (χ4v) is 2.70. The maximum atomic E-state index is 9.52. The van der Waals surface area contributed by atoms with E-state index in [1.165, 1.54) is 0 Å². The van der Waals surface area contributed by atoms with E-state index in [-0.39, 0.29) is 6.61 Å². The van der Waals surface area contributed by atoms with E-state index in [1.807, 2.05) is 42.3 Å². The minimum atomic E-state index is -0.718. The topological polar surface area (TPSA) is 56.8 Å². The van der Waals surface area contributed by atoms with Crippen LogP contribution in [0.5, 0.6) is 0 Å². The standard InChI is InChI=1S/C17H19NO3/c1-18(10-13(20)11-19)9-12-5-4-7-15-14-6-2-3-8-16(14)21-17(12)15/h2-8,13,19-20H,9-11H2,1H3/t13-/m1/s1. The second kappa shape index (κ2) is 5.85. The van der Waals surface area contributed by atoms with E-state index in [0.29, 0.717) is 13.1 Å². The molecule has 3 aromatic rings. The molecule has 0 radical (unpaired) electrons. The molecule has 1 atom stereocenters. The van der Waals surface area contributed by atoms with E-state index < -0.39 is 6.10 Å². The molecule has 0 fully saturated rings. The van der Waals surface area contributed by atoms with Crippen molar-refractivity contribution in [2.24, 2.45) is 0 Å². The van der Waals surface area contributed by atoms with E-state index in [1.54, 1.807) is 0 Å². The molecule has 1 heterocycles. The van der Waals surface area contributed by atoms with Gasteiger partial charge in [-0.15, -0.1) is 0 Å². The first-order chi connectivity index (χ1) is 10.2. The third kappa shape index (κ3) is 2.78. The van der Waals surface area contributed by atoms with Crippen LogP contribution in [0.4, 0.5) is 0 Å². The van der Waals surface area contributed by atoms with Gasteiger partial charge in [0.05, 0.1) is 12.7 Å². The quantitative estimate of drug-likeness (QED) is 0.755. The van der Waals surface area contributed by atoms with Crippen LogP contribution in [-0.2, 0) is 6.54 Å². The number of furan rings is 1. The number of fused-ring (bicyclic) bond motifs is 3. The van der Waals surface area contributed by atoms with Gasteiger partial charge in [0.2, 0.25) is 0 Å². The Morgan fingerprint density at radius 2 is 1.86 bits per heavy atom. The van der Waals surface area contributed by atoms with Crippen LogP contribution in [-0.4, -0.2) is 41.4 Å². The molecule has 0 aliphatic carbocycles. The molecule has 0 saturated heterocycles. The Labute approximate surface area is 123 Å². The number of rotatable bonds is 5. The molecule has 0 aliphatic heterocycles. The molecule has 2 aromatic carbocycles. The Hall–Kier alpha value is -1.88. The molecule has 0 unspecified atom stereocenters. The van der Waals surface area contributed by atoms with Crippen LogP contribution in [0.1, 0.15) is 5.56 Å². The largest absolute Gasteiger partial charge is 0.456 e. The Bertz CT molecular complexity index is 750. The van der Waals surface area contributed by atoms with Gasteiger partial charge in [0.15, 0.2) is 0 Å². The number of nitrogens with zero attached hydrogens (tertiary/aromatic N) is 1. The lowest BCUT2D eigenvalue weighted by atomic mass is 10.1. The van der Waals surface area contributed by atoms with Gasteiger partial charge in [-0.05, 0) is 13.1 Å². The van der Waals surface area contributed by atoms with E-state index >= 15 is 0 Å². The third-order valence-corrected chi connectivity index (χ3v) is 3.66. The second-order valence-corrected chi connectivity index (χ2v) is 5.43. The summed E-state index contributed by atoms with van der Waals surface area (Å²) in [7, 11) is 1.92. The van der Waals surface area contributed by atoms with Gasteiger partial charge < -0.3 is 14.6 Å². The predicted molar refractivity (Wildman–Crippen MR) is 83.1 cm³/mol. The van der Waals surface area contributed by atoms with Crippen molar-refractivity contribution in [2.45, 2.75) is 12.6 Å². The van der Waals surface area contributed by atoms with Crippen molar-refractivity contribution in [1.82, 2.24) is 4.90 Å². The summed E-state index contributed by atoms with van der Waals surface area (Å²) in [6.07, 6.45) is -0.718. The summed E-state index contributed by atoms with van der Waals surface area (Å²) in [5.74, 6) is 0. The monoisotopic (exact) mass is 285 g/mol. The van der Waals surface area contributed by atoms with E-state index in [4.69, 9.17) is 9.52 Å². The molecule has 0 saturated carbocycles. The van der Waals surface area contributed by atoms with Crippen LogP contribution < -0.4 is 0 Å². The average Bonchev–Trinajstić information content (AvgIpc) is 2.87. The fraction of sp³-hybridized carbons (Fsp3) is 0.294. The summed E-state index contributed by atoms with van der Waals surface area (Å²) >= 11 is 0. The number of para-hydroxylation sites is 2. The lowest BCUT2D eigenvalue weighted by Crippen LogP contribution is -2.30. The summed E-state index contributed by atoms with van der Waals surface area (Å²) in [6.45, 7) is 0.862. The number of aliphatic hydroxyl groups is 2. The first-order valence-electron chi connectivity index (χ1n) is 7.05. The van der Waals surface area contributed by atoms with Crippen molar-refractivity contribution in [3.05, 3.63) is 48.0 Å². The Kier molecular flexibility index (Phi) is 3.92.